The van der Waals surface area contributed by atoms with Gasteiger partial charge in [0.05, 0.1) is 12.4 Å². The van der Waals surface area contributed by atoms with Crippen molar-refractivity contribution in [3.05, 3.63) is 65.7 Å². The molecule has 0 bridgehead atoms. The van der Waals surface area contributed by atoms with Crippen LogP contribution in [0.4, 0.5) is 0 Å². The molecular formula is C22H29NO5S. The number of carbonyl (C=O) groups excluding carboxylic acids is 1. The minimum atomic E-state index is -3.55. The molecule has 2 rings (SSSR count). The van der Waals surface area contributed by atoms with Crippen LogP contribution in [0.15, 0.2) is 54.6 Å². The standard InChI is InChI=1S/C22H29NO5S/c1-4-18(3)23(22(24)17-27-16-20-9-7-6-8-10-20)15-19-11-13-21(14-12-19)28-29(25,26)5-2/h6-14,18H,4-5,15-17H2,1-3H3/t18-/m0/s1. The molecule has 6 nitrogen and oxygen atoms in total. The molecule has 158 valence electrons. The quantitative estimate of drug-likeness (QED) is 0.519. The molecule has 0 aliphatic carbocycles. The summed E-state index contributed by atoms with van der Waals surface area (Å²) in [4.78, 5) is 14.5. The van der Waals surface area contributed by atoms with Crippen molar-refractivity contribution in [2.45, 2.75) is 46.4 Å². The third-order valence-electron chi connectivity index (χ3n) is 4.63. The Morgan fingerprint density at radius 3 is 2.24 bits per heavy atom. The number of hydrogen-bond donors (Lipinski definition) is 0. The molecule has 0 fully saturated rings. The first kappa shape index (κ1) is 22.9. The van der Waals surface area contributed by atoms with Crippen LogP contribution in [0.1, 0.15) is 38.3 Å². The monoisotopic (exact) mass is 419 g/mol. The second kappa shape index (κ2) is 11.0. The maximum atomic E-state index is 12.7. The number of nitrogens with zero attached hydrogens (tertiary/aromatic N) is 1. The van der Waals surface area contributed by atoms with Gasteiger partial charge in [0.25, 0.3) is 0 Å². The normalized spacial score (nSPS) is 12.4. The third kappa shape index (κ3) is 7.51. The van der Waals surface area contributed by atoms with E-state index in [1.807, 2.05) is 44.2 Å². The van der Waals surface area contributed by atoms with Crippen LogP contribution in [0.3, 0.4) is 0 Å². The van der Waals surface area contributed by atoms with Crippen molar-refractivity contribution in [2.75, 3.05) is 12.4 Å². The molecule has 0 heterocycles. The molecule has 0 saturated heterocycles. The zero-order chi connectivity index (χ0) is 21.3. The van der Waals surface area contributed by atoms with Gasteiger partial charge in [-0.25, -0.2) is 0 Å². The van der Waals surface area contributed by atoms with Crippen molar-refractivity contribution >= 4 is 16.0 Å². The summed E-state index contributed by atoms with van der Waals surface area (Å²) in [6, 6.07) is 16.5. The summed E-state index contributed by atoms with van der Waals surface area (Å²) in [5, 5.41) is 0. The number of amides is 1. The average molecular weight is 420 g/mol. The molecule has 0 radical (unpaired) electrons. The van der Waals surface area contributed by atoms with E-state index >= 15 is 0 Å². The smallest absolute Gasteiger partial charge is 0.308 e. The molecule has 2 aromatic rings. The fourth-order valence-corrected chi connectivity index (χ4v) is 3.20. The van der Waals surface area contributed by atoms with Crippen molar-refractivity contribution in [2.24, 2.45) is 0 Å². The molecule has 0 aromatic heterocycles. The minimum absolute atomic E-state index is 0.00910. The summed E-state index contributed by atoms with van der Waals surface area (Å²) in [6.45, 7) is 6.37. The maximum absolute atomic E-state index is 12.7. The Bertz CT molecular complexity index is 866. The Labute approximate surface area is 173 Å². The van der Waals surface area contributed by atoms with E-state index in [1.165, 1.54) is 6.92 Å². The van der Waals surface area contributed by atoms with Gasteiger partial charge in [0.2, 0.25) is 5.91 Å². The predicted molar refractivity (Wildman–Crippen MR) is 113 cm³/mol. The Hall–Kier alpha value is -2.38. The van der Waals surface area contributed by atoms with Crippen LogP contribution in [0.5, 0.6) is 5.75 Å². The molecule has 0 saturated carbocycles. The highest BCUT2D eigenvalue weighted by molar-refractivity contribution is 7.87. The van der Waals surface area contributed by atoms with Crippen molar-refractivity contribution in [3.63, 3.8) is 0 Å². The summed E-state index contributed by atoms with van der Waals surface area (Å²) in [5.41, 5.74) is 1.91. The van der Waals surface area contributed by atoms with E-state index in [-0.39, 0.29) is 30.1 Å². The Morgan fingerprint density at radius 2 is 1.66 bits per heavy atom. The summed E-state index contributed by atoms with van der Waals surface area (Å²) < 4.78 is 33.7. The zero-order valence-electron chi connectivity index (χ0n) is 17.2. The number of rotatable bonds is 11. The first-order valence-corrected chi connectivity index (χ1v) is 11.3. The van der Waals surface area contributed by atoms with Gasteiger partial charge in [-0.3, -0.25) is 4.79 Å². The molecule has 0 N–H and O–H groups in total. The highest BCUT2D eigenvalue weighted by Crippen LogP contribution is 2.18. The molecular weight excluding hydrogens is 390 g/mol. The van der Waals surface area contributed by atoms with Crippen LogP contribution >= 0.6 is 0 Å². The van der Waals surface area contributed by atoms with E-state index in [2.05, 4.69) is 0 Å². The molecule has 29 heavy (non-hydrogen) atoms. The Kier molecular flexibility index (Phi) is 8.67. The highest BCUT2D eigenvalue weighted by Gasteiger charge is 2.19. The highest BCUT2D eigenvalue weighted by atomic mass is 32.2. The van der Waals surface area contributed by atoms with Gasteiger partial charge in [-0.15, -0.1) is 0 Å². The molecule has 0 aliphatic rings. The van der Waals surface area contributed by atoms with Gasteiger partial charge in [-0.2, -0.15) is 8.42 Å². The van der Waals surface area contributed by atoms with Crippen molar-refractivity contribution in [1.82, 2.24) is 4.90 Å². The lowest BCUT2D eigenvalue weighted by molar-refractivity contribution is -0.139. The largest absolute Gasteiger partial charge is 0.382 e. The van der Waals surface area contributed by atoms with E-state index in [4.69, 9.17) is 8.92 Å². The van der Waals surface area contributed by atoms with E-state index < -0.39 is 10.1 Å². The second-order valence-corrected chi connectivity index (χ2v) is 8.69. The average Bonchev–Trinajstić information content (AvgIpc) is 2.73. The van der Waals surface area contributed by atoms with Crippen LogP contribution in [-0.2, 0) is 32.8 Å². The summed E-state index contributed by atoms with van der Waals surface area (Å²) in [5.74, 6) is 0.0981. The lowest BCUT2D eigenvalue weighted by atomic mass is 10.1. The van der Waals surface area contributed by atoms with Crippen LogP contribution in [0.25, 0.3) is 0 Å². The molecule has 0 spiro atoms. The van der Waals surface area contributed by atoms with Gasteiger partial charge in [0, 0.05) is 12.6 Å². The molecule has 0 aliphatic heterocycles. The SMILES string of the molecule is CC[C@H](C)N(Cc1ccc(OS(=O)(=O)CC)cc1)C(=O)COCc1ccccc1. The third-order valence-corrected chi connectivity index (χ3v) is 5.79. The van der Waals surface area contributed by atoms with E-state index in [0.717, 1.165) is 17.5 Å². The second-order valence-electron chi connectivity index (χ2n) is 6.83. The van der Waals surface area contributed by atoms with E-state index in [0.29, 0.717) is 13.2 Å². The lowest BCUT2D eigenvalue weighted by Crippen LogP contribution is -2.40. The van der Waals surface area contributed by atoms with Gasteiger partial charge in [-0.1, -0.05) is 49.4 Å². The molecule has 1 atom stereocenters. The lowest BCUT2D eigenvalue weighted by Gasteiger charge is -2.29. The number of carbonyl (C=O) groups is 1. The Balaban J connectivity index is 1.97. The molecule has 2 aromatic carbocycles. The molecule has 7 heteroatoms. The summed E-state index contributed by atoms with van der Waals surface area (Å²) in [6.07, 6.45) is 0.820. The summed E-state index contributed by atoms with van der Waals surface area (Å²) in [7, 11) is -3.55. The predicted octanol–water partition coefficient (Wildman–Crippen LogP) is 3.76. The van der Waals surface area contributed by atoms with Gasteiger partial charge in [0.1, 0.15) is 12.4 Å². The van der Waals surface area contributed by atoms with Crippen LogP contribution in [-0.4, -0.2) is 37.6 Å². The zero-order valence-corrected chi connectivity index (χ0v) is 18.0. The van der Waals surface area contributed by atoms with Gasteiger partial charge in [-0.05, 0) is 43.5 Å². The molecule has 1 amide bonds. The van der Waals surface area contributed by atoms with Crippen LogP contribution in [0, 0.1) is 0 Å². The van der Waals surface area contributed by atoms with E-state index in [9.17, 15) is 13.2 Å². The van der Waals surface area contributed by atoms with Crippen molar-refractivity contribution in [3.8, 4) is 5.75 Å². The maximum Gasteiger partial charge on any atom is 0.308 e. The fraction of sp³-hybridized carbons (Fsp3) is 0.409. The molecule has 0 unspecified atom stereocenters. The fourth-order valence-electron chi connectivity index (χ4n) is 2.68. The van der Waals surface area contributed by atoms with Crippen LogP contribution in [0.2, 0.25) is 0 Å². The first-order chi connectivity index (χ1) is 13.8. The van der Waals surface area contributed by atoms with Crippen LogP contribution < -0.4 is 4.18 Å². The topological polar surface area (TPSA) is 72.9 Å². The van der Waals surface area contributed by atoms with Gasteiger partial charge in [0.15, 0.2) is 0 Å². The Morgan fingerprint density at radius 1 is 1.00 bits per heavy atom. The summed E-state index contributed by atoms with van der Waals surface area (Å²) >= 11 is 0. The van der Waals surface area contributed by atoms with Gasteiger partial charge < -0.3 is 13.8 Å². The number of ether oxygens (including phenoxy) is 1. The van der Waals surface area contributed by atoms with Crippen molar-refractivity contribution < 1.29 is 22.1 Å². The first-order valence-electron chi connectivity index (χ1n) is 9.76. The number of hydrogen-bond acceptors (Lipinski definition) is 5. The minimum Gasteiger partial charge on any atom is -0.382 e. The number of benzene rings is 2. The van der Waals surface area contributed by atoms with Crippen molar-refractivity contribution in [1.29, 1.82) is 0 Å². The van der Waals surface area contributed by atoms with Gasteiger partial charge >= 0.3 is 10.1 Å². The van der Waals surface area contributed by atoms with E-state index in [1.54, 1.807) is 29.2 Å².